The number of hydrazone groups is 1. The second kappa shape index (κ2) is 8.30. The molecule has 2 saturated carbocycles. The van der Waals surface area contributed by atoms with Crippen LogP contribution in [0, 0.1) is 17.8 Å². The fraction of sp³-hybridized carbons (Fsp3) is 0.739. The monoisotopic (exact) mass is 467 g/mol. The predicted molar refractivity (Wildman–Crippen MR) is 118 cm³/mol. The molecule has 4 fully saturated rings. The van der Waals surface area contributed by atoms with Crippen molar-refractivity contribution in [3.05, 3.63) is 17.8 Å². The number of rotatable bonds is 7. The lowest BCUT2D eigenvalue weighted by Gasteiger charge is -2.34. The van der Waals surface area contributed by atoms with Crippen molar-refractivity contribution in [1.29, 1.82) is 0 Å². The van der Waals surface area contributed by atoms with E-state index in [2.05, 4.69) is 33.5 Å². The Labute approximate surface area is 192 Å². The van der Waals surface area contributed by atoms with Gasteiger partial charge in [-0.2, -0.15) is 5.10 Å². The van der Waals surface area contributed by atoms with Crippen LogP contribution in [-0.2, 0) is 4.74 Å². The van der Waals surface area contributed by atoms with Crippen LogP contribution in [-0.4, -0.2) is 70.9 Å². The number of anilines is 1. The summed E-state index contributed by atoms with van der Waals surface area (Å²) in [5, 5.41) is 6.81. The van der Waals surface area contributed by atoms with E-state index in [0.29, 0.717) is 35.4 Å². The number of halogens is 3. The quantitative estimate of drug-likeness (QED) is 0.489. The highest BCUT2D eigenvalue weighted by Crippen LogP contribution is 2.59. The first-order chi connectivity index (χ1) is 15.6. The summed E-state index contributed by atoms with van der Waals surface area (Å²) in [5.74, 6) is 1.32. The van der Waals surface area contributed by atoms with Gasteiger partial charge in [-0.15, -0.1) is 13.2 Å². The van der Waals surface area contributed by atoms with Crippen molar-refractivity contribution in [3.8, 4) is 5.75 Å². The molecule has 2 unspecified atom stereocenters. The number of morpholine rings is 1. The normalized spacial score (nSPS) is 33.6. The number of aromatic nitrogens is 1. The van der Waals surface area contributed by atoms with Crippen LogP contribution in [0.5, 0.6) is 5.75 Å². The van der Waals surface area contributed by atoms with Crippen molar-refractivity contribution in [3.63, 3.8) is 0 Å². The summed E-state index contributed by atoms with van der Waals surface area (Å²) in [7, 11) is 0. The Kier molecular flexibility index (Phi) is 5.71. The molecule has 0 radical (unpaired) electrons. The van der Waals surface area contributed by atoms with E-state index in [0.717, 1.165) is 31.5 Å². The van der Waals surface area contributed by atoms with Gasteiger partial charge < -0.3 is 15.2 Å². The third-order valence-electron chi connectivity index (χ3n) is 7.81. The first-order valence-corrected chi connectivity index (χ1v) is 11.8. The zero-order valence-electron chi connectivity index (χ0n) is 19.3. The molecule has 2 saturated heterocycles. The van der Waals surface area contributed by atoms with Gasteiger partial charge in [0.15, 0.2) is 11.6 Å². The van der Waals surface area contributed by atoms with Gasteiger partial charge >= 0.3 is 6.36 Å². The first kappa shape index (κ1) is 22.7. The number of likely N-dealkylation sites (tertiary alicyclic amines) is 1. The van der Waals surface area contributed by atoms with Crippen LogP contribution in [0.4, 0.5) is 19.0 Å². The van der Waals surface area contributed by atoms with Gasteiger partial charge in [-0.1, -0.05) is 0 Å². The lowest BCUT2D eigenvalue weighted by molar-refractivity contribution is -0.274. The molecule has 1 aromatic heterocycles. The first-order valence-electron chi connectivity index (χ1n) is 11.8. The maximum Gasteiger partial charge on any atom is 0.573 e. The van der Waals surface area contributed by atoms with Crippen LogP contribution in [0.3, 0.4) is 0 Å². The van der Waals surface area contributed by atoms with E-state index in [1.54, 1.807) is 6.92 Å². The van der Waals surface area contributed by atoms with Crippen LogP contribution in [0.1, 0.15) is 45.6 Å². The topological polar surface area (TPSA) is 76.2 Å². The molecule has 10 heteroatoms. The van der Waals surface area contributed by atoms with Crippen LogP contribution < -0.4 is 10.5 Å². The Balaban J connectivity index is 1.21. The summed E-state index contributed by atoms with van der Waals surface area (Å²) in [5.41, 5.74) is 6.59. The van der Waals surface area contributed by atoms with E-state index in [1.165, 1.54) is 31.5 Å². The molecular weight excluding hydrogens is 435 g/mol. The molecule has 2 aliphatic carbocycles. The van der Waals surface area contributed by atoms with Crippen molar-refractivity contribution in [2.45, 2.75) is 70.6 Å². The zero-order valence-corrected chi connectivity index (χ0v) is 19.3. The third kappa shape index (κ3) is 4.64. The lowest BCUT2D eigenvalue weighted by atomic mass is 10.0. The molecule has 182 valence electrons. The molecule has 1 aromatic rings. The number of nitrogen functional groups attached to an aromatic ring is 1. The van der Waals surface area contributed by atoms with Gasteiger partial charge in [-0.25, -0.2) is 4.98 Å². The molecule has 2 N–H and O–H groups in total. The number of hydrogen-bond acceptors (Lipinski definition) is 7. The molecule has 5 rings (SSSR count). The van der Waals surface area contributed by atoms with E-state index >= 15 is 0 Å². The number of fused-ring (bicyclic) bond motifs is 3. The van der Waals surface area contributed by atoms with Gasteiger partial charge in [-0.05, 0) is 63.9 Å². The Morgan fingerprint density at radius 2 is 2.03 bits per heavy atom. The minimum absolute atomic E-state index is 0.177. The van der Waals surface area contributed by atoms with E-state index in [4.69, 9.17) is 15.6 Å². The van der Waals surface area contributed by atoms with E-state index < -0.39 is 12.1 Å². The number of hydrogen-bond donors (Lipinski definition) is 1. The molecule has 7 nitrogen and oxygen atoms in total. The van der Waals surface area contributed by atoms with Gasteiger partial charge in [0, 0.05) is 43.0 Å². The molecular formula is C23H32F3N5O2. The van der Waals surface area contributed by atoms with Crippen LogP contribution >= 0.6 is 0 Å². The summed E-state index contributed by atoms with van der Waals surface area (Å²) in [4.78, 5) is 6.55. The SMILES string of the molecule is C/C(=N\N(CC1[C@H]2CC(N3C[C@H]4C[C@@H]3CO4)C[C@@H]12)C(C)C)c1cnc(N)c(OC(F)(F)F)c1. The number of alkyl halides is 3. The van der Waals surface area contributed by atoms with Crippen LogP contribution in [0.2, 0.25) is 0 Å². The fourth-order valence-electron chi connectivity index (χ4n) is 6.06. The Morgan fingerprint density at radius 3 is 2.61 bits per heavy atom. The molecule has 3 heterocycles. The fourth-order valence-corrected chi connectivity index (χ4v) is 6.06. The van der Waals surface area contributed by atoms with E-state index in [1.807, 2.05) is 0 Å². The Bertz CT molecular complexity index is 912. The van der Waals surface area contributed by atoms with Gasteiger partial charge in [0.2, 0.25) is 0 Å². The summed E-state index contributed by atoms with van der Waals surface area (Å²) in [6, 6.07) is 2.74. The molecule has 6 atom stereocenters. The highest BCUT2D eigenvalue weighted by Gasteiger charge is 2.58. The molecule has 2 aliphatic heterocycles. The standard InChI is InChI=1S/C23H32F3N5O2/c1-12(2)31(29-13(3)14-4-21(22(27)28-8-14)33-23(24,25)26)10-20-18-6-15(7-19(18)20)30-9-17-5-16(30)11-32-17/h4,8,12,15-20H,5-7,9-11H2,1-3H3,(H2,27,28)/b29-13+/t15?,16-,17-,18-,19+,20?/m1/s1. The summed E-state index contributed by atoms with van der Waals surface area (Å²) in [6.07, 6.45) is 0.758. The summed E-state index contributed by atoms with van der Waals surface area (Å²) < 4.78 is 47.7. The maximum atomic E-state index is 12.6. The minimum atomic E-state index is -4.83. The predicted octanol–water partition coefficient (Wildman–Crippen LogP) is 3.49. The van der Waals surface area contributed by atoms with Crippen molar-refractivity contribution in [2.75, 3.05) is 25.4 Å². The largest absolute Gasteiger partial charge is 0.573 e. The van der Waals surface area contributed by atoms with Crippen molar-refractivity contribution in [2.24, 2.45) is 22.9 Å². The van der Waals surface area contributed by atoms with Crippen LogP contribution in [0.15, 0.2) is 17.4 Å². The van der Waals surface area contributed by atoms with Gasteiger partial charge in [-0.3, -0.25) is 9.91 Å². The number of ether oxygens (including phenoxy) is 2. The van der Waals surface area contributed by atoms with E-state index in [9.17, 15) is 13.2 Å². The molecule has 0 amide bonds. The zero-order chi connectivity index (χ0) is 23.5. The smallest absolute Gasteiger partial charge is 0.402 e. The minimum Gasteiger partial charge on any atom is -0.402 e. The maximum absolute atomic E-state index is 12.6. The second-order valence-corrected chi connectivity index (χ2v) is 10.2. The Hall–Kier alpha value is -2.07. The molecule has 33 heavy (non-hydrogen) atoms. The lowest BCUT2D eigenvalue weighted by Crippen LogP contribution is -2.44. The van der Waals surface area contributed by atoms with Gasteiger partial charge in [0.25, 0.3) is 0 Å². The molecule has 2 bridgehead atoms. The molecule has 0 spiro atoms. The van der Waals surface area contributed by atoms with Crippen molar-refractivity contribution in [1.82, 2.24) is 14.9 Å². The third-order valence-corrected chi connectivity index (χ3v) is 7.81. The highest BCUT2D eigenvalue weighted by atomic mass is 19.4. The van der Waals surface area contributed by atoms with Crippen LogP contribution in [0.25, 0.3) is 0 Å². The van der Waals surface area contributed by atoms with Crippen molar-refractivity contribution >= 4 is 11.5 Å². The second-order valence-electron chi connectivity index (χ2n) is 10.2. The van der Waals surface area contributed by atoms with E-state index in [-0.39, 0.29) is 11.9 Å². The van der Waals surface area contributed by atoms with Crippen molar-refractivity contribution < 1.29 is 22.6 Å². The Morgan fingerprint density at radius 1 is 1.30 bits per heavy atom. The number of nitrogens with two attached hydrogens (primary N) is 1. The van der Waals surface area contributed by atoms with Gasteiger partial charge in [0.1, 0.15) is 0 Å². The van der Waals surface area contributed by atoms with Gasteiger partial charge in [0.05, 0.1) is 18.4 Å². The summed E-state index contributed by atoms with van der Waals surface area (Å²) in [6.45, 7) is 8.78. The molecule has 4 aliphatic rings. The molecule has 0 aromatic carbocycles. The highest BCUT2D eigenvalue weighted by molar-refractivity contribution is 5.98. The average Bonchev–Trinajstić information content (AvgIpc) is 3.20. The number of nitrogens with zero attached hydrogens (tertiary/aromatic N) is 4. The number of pyridine rings is 1. The summed E-state index contributed by atoms with van der Waals surface area (Å²) >= 11 is 0. The average molecular weight is 468 g/mol.